The van der Waals surface area contributed by atoms with Gasteiger partial charge in [-0.1, -0.05) is 344 Å². The summed E-state index contributed by atoms with van der Waals surface area (Å²) in [6, 6.07) is 0. The van der Waals surface area contributed by atoms with E-state index in [9.17, 15) is 43.2 Å². The molecule has 0 aliphatic rings. The Hall–Kier alpha value is -1.94. The van der Waals surface area contributed by atoms with Gasteiger partial charge in [0.25, 0.3) is 0 Å². The SMILES string of the molecule is CCC(C)CCCCCCCCCCC(=O)O[C@H](COC(=O)CCCCCCCCCCC(C)C)COP(=O)(O)OCC(O)COP(=O)(O)OC[C@@H](COC(=O)CCCCCCCCCCCCCCCCCCCCC(C)C)OC(=O)CCCCCCCCCCCCC(C)C. The Kier molecular flexibility index (Phi) is 65.9. The maximum atomic E-state index is 13.1. The molecule has 0 saturated heterocycles. The Bertz CT molecular complexity index is 1900. The lowest BCUT2D eigenvalue weighted by molar-refractivity contribution is -0.161. The fraction of sp³-hybridized carbons (Fsp3) is 0.949. The maximum absolute atomic E-state index is 13.1. The number of ether oxygens (including phenoxy) is 4. The summed E-state index contributed by atoms with van der Waals surface area (Å²) in [5, 5.41) is 10.6. The van der Waals surface area contributed by atoms with Crippen molar-refractivity contribution in [2.75, 3.05) is 39.6 Å². The van der Waals surface area contributed by atoms with Gasteiger partial charge in [0.15, 0.2) is 12.2 Å². The third kappa shape index (κ3) is 70.9. The van der Waals surface area contributed by atoms with Crippen molar-refractivity contribution in [2.45, 2.75) is 414 Å². The molecule has 0 saturated carbocycles. The van der Waals surface area contributed by atoms with Gasteiger partial charge in [0.05, 0.1) is 26.4 Å². The van der Waals surface area contributed by atoms with E-state index in [1.54, 1.807) is 0 Å². The molecule has 3 N–H and O–H groups in total. The number of esters is 4. The van der Waals surface area contributed by atoms with Gasteiger partial charge in [0.1, 0.15) is 19.3 Å². The van der Waals surface area contributed by atoms with E-state index in [0.29, 0.717) is 25.7 Å². The van der Waals surface area contributed by atoms with Gasteiger partial charge in [0.2, 0.25) is 0 Å². The molecule has 0 amide bonds. The summed E-state index contributed by atoms with van der Waals surface area (Å²) in [5.74, 6) is 0.950. The number of phosphoric ester groups is 2. The second kappa shape index (κ2) is 67.2. The largest absolute Gasteiger partial charge is 0.472 e. The zero-order valence-corrected chi connectivity index (χ0v) is 65.5. The molecule has 0 spiro atoms. The van der Waals surface area contributed by atoms with Crippen LogP contribution in [0.3, 0.4) is 0 Å². The normalized spacial score (nSPS) is 14.4. The van der Waals surface area contributed by atoms with Crippen molar-refractivity contribution < 1.29 is 80.2 Å². The van der Waals surface area contributed by atoms with Gasteiger partial charge >= 0.3 is 39.5 Å². The highest BCUT2D eigenvalue weighted by Crippen LogP contribution is 2.45. The molecule has 0 fully saturated rings. The summed E-state index contributed by atoms with van der Waals surface area (Å²) < 4.78 is 68.6. The topological polar surface area (TPSA) is 237 Å². The molecule has 17 nitrogen and oxygen atoms in total. The Morgan fingerprint density at radius 1 is 0.289 bits per heavy atom. The molecule has 576 valence electrons. The average Bonchev–Trinajstić information content (AvgIpc) is 1.06. The summed E-state index contributed by atoms with van der Waals surface area (Å²) >= 11 is 0. The van der Waals surface area contributed by atoms with Crippen molar-refractivity contribution in [3.63, 3.8) is 0 Å². The Balaban J connectivity index is 5.20. The van der Waals surface area contributed by atoms with Gasteiger partial charge in [-0.2, -0.15) is 0 Å². The average molecular weight is 1420 g/mol. The van der Waals surface area contributed by atoms with Gasteiger partial charge in [-0.15, -0.1) is 0 Å². The highest BCUT2D eigenvalue weighted by atomic mass is 31.2. The fourth-order valence-corrected chi connectivity index (χ4v) is 13.5. The molecule has 0 aromatic rings. The number of hydrogen-bond donors (Lipinski definition) is 3. The molecule has 0 aliphatic carbocycles. The molecule has 0 radical (unpaired) electrons. The number of rotatable bonds is 75. The van der Waals surface area contributed by atoms with Crippen molar-refractivity contribution in [2.24, 2.45) is 23.7 Å². The lowest BCUT2D eigenvalue weighted by atomic mass is 9.99. The second-order valence-electron chi connectivity index (χ2n) is 29.8. The smallest absolute Gasteiger partial charge is 0.462 e. The molecular weight excluding hydrogens is 1270 g/mol. The lowest BCUT2D eigenvalue weighted by Gasteiger charge is -2.21. The summed E-state index contributed by atoms with van der Waals surface area (Å²) in [6.45, 7) is 14.2. The molecule has 0 aliphatic heterocycles. The highest BCUT2D eigenvalue weighted by molar-refractivity contribution is 7.47. The minimum absolute atomic E-state index is 0.104. The first kappa shape index (κ1) is 95.1. The molecule has 0 rings (SSSR count). The van der Waals surface area contributed by atoms with Crippen molar-refractivity contribution in [3.05, 3.63) is 0 Å². The summed E-state index contributed by atoms with van der Waals surface area (Å²) in [7, 11) is -9.92. The number of carbonyl (C=O) groups is 4. The zero-order valence-electron chi connectivity index (χ0n) is 63.7. The molecular formula is C78H152O17P2. The van der Waals surface area contributed by atoms with Crippen LogP contribution < -0.4 is 0 Å². The number of unbranched alkanes of at least 4 members (excludes halogenated alkanes) is 40. The molecule has 19 heteroatoms. The first-order chi connectivity index (χ1) is 46.6. The van der Waals surface area contributed by atoms with Crippen molar-refractivity contribution in [1.29, 1.82) is 0 Å². The molecule has 6 atom stereocenters. The molecule has 4 unspecified atom stereocenters. The standard InChI is InChI=1S/C78H152O17P2/c1-9-71(8)57-49-41-33-27-29-37-45-53-61-78(83)95-74(65-89-76(81)59-51-43-35-28-26-32-40-48-56-70(6)7)67-93-97(86,87)91-63-72(79)62-90-96(84,85)92-66-73(94-77(82)60-52-44-36-25-21-20-23-31-39-47-55-69(4)5)64-88-75(80)58-50-42-34-24-19-17-15-13-11-10-12-14-16-18-22-30-38-46-54-68(2)3/h68-74,79H,9-67H2,1-8H3,(H,84,85)(H,86,87)/t71?,72?,73-,74-/m1/s1. The summed E-state index contributed by atoms with van der Waals surface area (Å²) in [6.07, 6.45) is 52.8. The molecule has 0 bridgehead atoms. The number of phosphoric acid groups is 2. The van der Waals surface area contributed by atoms with Crippen LogP contribution in [0, 0.1) is 23.7 Å². The van der Waals surface area contributed by atoms with Crippen LogP contribution in [0.5, 0.6) is 0 Å². The highest BCUT2D eigenvalue weighted by Gasteiger charge is 2.30. The van der Waals surface area contributed by atoms with E-state index >= 15 is 0 Å². The van der Waals surface area contributed by atoms with E-state index in [4.69, 9.17) is 37.0 Å². The van der Waals surface area contributed by atoms with Crippen LogP contribution in [0.15, 0.2) is 0 Å². The molecule has 0 aromatic carbocycles. The van der Waals surface area contributed by atoms with E-state index < -0.39 is 97.5 Å². The van der Waals surface area contributed by atoms with Crippen LogP contribution in [0.25, 0.3) is 0 Å². The van der Waals surface area contributed by atoms with E-state index in [1.807, 2.05) is 0 Å². The summed E-state index contributed by atoms with van der Waals surface area (Å²) in [4.78, 5) is 72.9. The van der Waals surface area contributed by atoms with E-state index in [-0.39, 0.29) is 25.7 Å². The predicted molar refractivity (Wildman–Crippen MR) is 395 cm³/mol. The third-order valence-corrected chi connectivity index (χ3v) is 20.3. The van der Waals surface area contributed by atoms with Gasteiger partial charge in [0, 0.05) is 25.7 Å². The number of aliphatic hydroxyl groups excluding tert-OH is 1. The maximum Gasteiger partial charge on any atom is 0.472 e. The number of hydrogen-bond acceptors (Lipinski definition) is 15. The quantitative estimate of drug-likeness (QED) is 0.0222. The van der Waals surface area contributed by atoms with Gasteiger partial charge in [-0.05, 0) is 49.4 Å². The van der Waals surface area contributed by atoms with Gasteiger partial charge < -0.3 is 33.8 Å². The van der Waals surface area contributed by atoms with Crippen molar-refractivity contribution in [3.8, 4) is 0 Å². The van der Waals surface area contributed by atoms with Crippen LogP contribution in [0.2, 0.25) is 0 Å². The van der Waals surface area contributed by atoms with Crippen LogP contribution >= 0.6 is 15.6 Å². The Morgan fingerprint density at radius 3 is 0.732 bits per heavy atom. The first-order valence-electron chi connectivity index (χ1n) is 40.2. The Morgan fingerprint density at radius 2 is 0.495 bits per heavy atom. The van der Waals surface area contributed by atoms with E-state index in [0.717, 1.165) is 114 Å². The van der Waals surface area contributed by atoms with Crippen LogP contribution in [0.1, 0.15) is 396 Å². The monoisotopic (exact) mass is 1420 g/mol. The number of carbonyl (C=O) groups excluding carboxylic acids is 4. The molecule has 97 heavy (non-hydrogen) atoms. The Labute approximate surface area is 594 Å². The van der Waals surface area contributed by atoms with Gasteiger partial charge in [-0.25, -0.2) is 9.13 Å². The number of aliphatic hydroxyl groups is 1. The van der Waals surface area contributed by atoms with Crippen LogP contribution in [-0.2, 0) is 65.4 Å². The minimum atomic E-state index is -4.96. The first-order valence-corrected chi connectivity index (χ1v) is 43.2. The zero-order chi connectivity index (χ0) is 71.7. The van der Waals surface area contributed by atoms with E-state index in [1.165, 1.54) is 199 Å². The van der Waals surface area contributed by atoms with Crippen molar-refractivity contribution >= 4 is 39.5 Å². The second-order valence-corrected chi connectivity index (χ2v) is 32.7. The van der Waals surface area contributed by atoms with E-state index in [2.05, 4.69) is 55.4 Å². The van der Waals surface area contributed by atoms with Crippen LogP contribution in [-0.4, -0.2) is 96.7 Å². The predicted octanol–water partition coefficient (Wildman–Crippen LogP) is 22.8. The van der Waals surface area contributed by atoms with Crippen molar-refractivity contribution in [1.82, 2.24) is 0 Å². The summed E-state index contributed by atoms with van der Waals surface area (Å²) in [5.41, 5.74) is 0. The van der Waals surface area contributed by atoms with Gasteiger partial charge in [-0.3, -0.25) is 37.3 Å². The lowest BCUT2D eigenvalue weighted by Crippen LogP contribution is -2.30. The molecule has 0 heterocycles. The molecule has 0 aromatic heterocycles. The third-order valence-electron chi connectivity index (χ3n) is 18.4. The minimum Gasteiger partial charge on any atom is -0.462 e. The van der Waals surface area contributed by atoms with Crippen LogP contribution in [0.4, 0.5) is 0 Å². The fourth-order valence-electron chi connectivity index (χ4n) is 11.9.